The summed E-state index contributed by atoms with van der Waals surface area (Å²) in [7, 11) is 1.18. The van der Waals surface area contributed by atoms with Crippen LogP contribution < -0.4 is 5.46 Å². The van der Waals surface area contributed by atoms with E-state index in [-0.39, 0.29) is 24.1 Å². The van der Waals surface area contributed by atoms with Crippen molar-refractivity contribution < 1.29 is 18.6 Å². The summed E-state index contributed by atoms with van der Waals surface area (Å²) in [5.41, 5.74) is 2.22. The Morgan fingerprint density at radius 2 is 1.64 bits per heavy atom. The van der Waals surface area contributed by atoms with Crippen molar-refractivity contribution in [1.29, 1.82) is 0 Å². The molecule has 0 spiro atoms. The maximum atomic E-state index is 5.83. The summed E-state index contributed by atoms with van der Waals surface area (Å²) >= 11 is 0. The van der Waals surface area contributed by atoms with Gasteiger partial charge in [0, 0.05) is 30.7 Å². The fraction of sp³-hybridized carbons (Fsp3) is 0.625. The van der Waals surface area contributed by atoms with Crippen molar-refractivity contribution >= 4 is 20.3 Å². The van der Waals surface area contributed by atoms with Crippen LogP contribution in [0, 0.1) is 10.8 Å². The predicted octanol–water partition coefficient (Wildman–Crippen LogP) is 2.10. The summed E-state index contributed by atoms with van der Waals surface area (Å²) < 4.78 is 22.6. The van der Waals surface area contributed by atoms with Gasteiger partial charge in [-0.25, -0.2) is 0 Å². The van der Waals surface area contributed by atoms with Crippen LogP contribution in [0.3, 0.4) is 0 Å². The van der Waals surface area contributed by atoms with E-state index in [1.807, 2.05) is 0 Å². The molecule has 2 aliphatic rings. The molecular weight excluding hydrogens is 278 g/mol. The molecule has 1 aromatic carbocycles. The molecule has 3 rings (SSSR count). The van der Waals surface area contributed by atoms with Crippen LogP contribution in [0.2, 0.25) is 0 Å². The minimum absolute atomic E-state index is 0.00225. The molecule has 0 aromatic heterocycles. The topological polar surface area (TPSA) is 36.9 Å². The van der Waals surface area contributed by atoms with E-state index >= 15 is 0 Å². The third-order valence-electron chi connectivity index (χ3n) is 4.19. The van der Waals surface area contributed by atoms with Crippen molar-refractivity contribution in [3.63, 3.8) is 0 Å². The van der Waals surface area contributed by atoms with Gasteiger partial charge in [-0.3, -0.25) is 0 Å². The van der Waals surface area contributed by atoms with E-state index in [0.29, 0.717) is 19.8 Å². The zero-order chi connectivity index (χ0) is 15.8. The minimum atomic E-state index is -0.266. The number of hydrogen-bond donors (Lipinski definition) is 0. The van der Waals surface area contributed by atoms with Gasteiger partial charge in [-0.1, -0.05) is 52.0 Å². The first kappa shape index (κ1) is 16.1. The Bertz CT molecular complexity index is 505. The maximum absolute atomic E-state index is 5.83. The summed E-state index contributed by atoms with van der Waals surface area (Å²) in [6.45, 7) is 10.7. The quantitative estimate of drug-likeness (QED) is 0.784. The van der Waals surface area contributed by atoms with Crippen LogP contribution in [0.4, 0.5) is 0 Å². The summed E-state index contributed by atoms with van der Waals surface area (Å²) in [5, 5.41) is 0. The van der Waals surface area contributed by atoms with Crippen LogP contribution in [0.1, 0.15) is 39.4 Å². The SMILES string of the molecule is CC1(C)COB(c2ccc(C3O[B]OCC3(C)C)cc2)OC1. The summed E-state index contributed by atoms with van der Waals surface area (Å²) in [4.78, 5) is 0. The van der Waals surface area contributed by atoms with E-state index in [4.69, 9.17) is 18.6 Å². The Morgan fingerprint density at radius 1 is 1.00 bits per heavy atom. The Balaban J connectivity index is 1.70. The normalized spacial score (nSPS) is 27.3. The van der Waals surface area contributed by atoms with Crippen LogP contribution in [-0.4, -0.2) is 34.6 Å². The van der Waals surface area contributed by atoms with Crippen LogP contribution >= 0.6 is 0 Å². The molecule has 2 saturated heterocycles. The Morgan fingerprint density at radius 3 is 2.23 bits per heavy atom. The van der Waals surface area contributed by atoms with Gasteiger partial charge in [0.1, 0.15) is 0 Å². The van der Waals surface area contributed by atoms with E-state index in [0.717, 1.165) is 11.0 Å². The van der Waals surface area contributed by atoms with Crippen LogP contribution in [0.15, 0.2) is 24.3 Å². The molecule has 0 bridgehead atoms. The molecule has 1 radical (unpaired) electrons. The van der Waals surface area contributed by atoms with Crippen molar-refractivity contribution in [3.8, 4) is 0 Å². The van der Waals surface area contributed by atoms with E-state index < -0.39 is 0 Å². The molecular formula is C16H23B2O4. The molecule has 0 amide bonds. The Hall–Kier alpha value is -0.810. The molecule has 2 heterocycles. The zero-order valence-electron chi connectivity index (χ0n) is 13.8. The molecule has 4 nitrogen and oxygen atoms in total. The molecule has 2 aliphatic heterocycles. The lowest BCUT2D eigenvalue weighted by molar-refractivity contribution is -0.0276. The van der Waals surface area contributed by atoms with E-state index in [2.05, 4.69) is 52.0 Å². The molecule has 117 valence electrons. The van der Waals surface area contributed by atoms with Crippen molar-refractivity contribution in [2.24, 2.45) is 10.8 Å². The predicted molar refractivity (Wildman–Crippen MR) is 86.8 cm³/mol. The molecule has 0 aliphatic carbocycles. The summed E-state index contributed by atoms with van der Waals surface area (Å²) in [6, 6.07) is 8.31. The van der Waals surface area contributed by atoms with Crippen molar-refractivity contribution in [2.45, 2.75) is 33.8 Å². The zero-order valence-corrected chi connectivity index (χ0v) is 13.8. The number of rotatable bonds is 2. The second-order valence-corrected chi connectivity index (χ2v) is 7.70. The molecule has 1 aromatic rings. The van der Waals surface area contributed by atoms with Gasteiger partial charge in [-0.15, -0.1) is 0 Å². The highest BCUT2D eigenvalue weighted by molar-refractivity contribution is 6.61. The third kappa shape index (κ3) is 3.40. The third-order valence-corrected chi connectivity index (χ3v) is 4.19. The Kier molecular flexibility index (Phi) is 4.38. The van der Waals surface area contributed by atoms with Crippen LogP contribution in [-0.2, 0) is 18.6 Å². The van der Waals surface area contributed by atoms with Gasteiger partial charge in [0.15, 0.2) is 0 Å². The first-order chi connectivity index (χ1) is 10.4. The van der Waals surface area contributed by atoms with Crippen molar-refractivity contribution in [1.82, 2.24) is 0 Å². The average Bonchev–Trinajstić information content (AvgIpc) is 2.47. The lowest BCUT2D eigenvalue weighted by Crippen LogP contribution is -2.47. The van der Waals surface area contributed by atoms with Crippen LogP contribution in [0.25, 0.3) is 0 Å². The number of benzene rings is 1. The maximum Gasteiger partial charge on any atom is 0.493 e. The standard InChI is InChI=1S/C16H23B2O4/c1-15(2)9-20-18(21-10-15)13-7-5-12(6-8-13)14-16(3,4)11-19-17-22-14/h5-8,14H,9-11H2,1-4H3. The molecule has 0 N–H and O–H groups in total. The second-order valence-electron chi connectivity index (χ2n) is 7.70. The van der Waals surface area contributed by atoms with Crippen molar-refractivity contribution in [2.75, 3.05) is 19.8 Å². The highest BCUT2D eigenvalue weighted by atomic mass is 16.6. The molecule has 1 unspecified atom stereocenters. The first-order valence-electron chi connectivity index (χ1n) is 7.79. The van der Waals surface area contributed by atoms with Gasteiger partial charge in [0.2, 0.25) is 0 Å². The summed E-state index contributed by atoms with van der Waals surface area (Å²) in [6.07, 6.45) is 0.00225. The molecule has 1 atom stereocenters. The highest BCUT2D eigenvalue weighted by Crippen LogP contribution is 2.38. The van der Waals surface area contributed by atoms with E-state index in [9.17, 15) is 0 Å². The van der Waals surface area contributed by atoms with Crippen LogP contribution in [0.5, 0.6) is 0 Å². The fourth-order valence-electron chi connectivity index (χ4n) is 2.85. The minimum Gasteiger partial charge on any atom is -0.413 e. The van der Waals surface area contributed by atoms with Gasteiger partial charge in [0.05, 0.1) is 6.10 Å². The second kappa shape index (κ2) is 6.00. The fourth-order valence-corrected chi connectivity index (χ4v) is 2.85. The first-order valence-corrected chi connectivity index (χ1v) is 7.79. The molecule has 2 fully saturated rings. The van der Waals surface area contributed by atoms with E-state index in [1.54, 1.807) is 0 Å². The molecule has 0 saturated carbocycles. The van der Waals surface area contributed by atoms with Gasteiger partial charge >= 0.3 is 14.8 Å². The highest BCUT2D eigenvalue weighted by Gasteiger charge is 2.37. The van der Waals surface area contributed by atoms with Gasteiger partial charge < -0.3 is 18.6 Å². The molecule has 22 heavy (non-hydrogen) atoms. The number of hydrogen-bond acceptors (Lipinski definition) is 4. The largest absolute Gasteiger partial charge is 0.493 e. The Labute approximate surface area is 133 Å². The van der Waals surface area contributed by atoms with Crippen molar-refractivity contribution in [3.05, 3.63) is 29.8 Å². The lowest BCUT2D eigenvalue weighted by Gasteiger charge is -2.38. The summed E-state index contributed by atoms with van der Waals surface area (Å²) in [5.74, 6) is 0. The van der Waals surface area contributed by atoms with Gasteiger partial charge in [-0.05, 0) is 11.0 Å². The molecule has 6 heteroatoms. The van der Waals surface area contributed by atoms with Gasteiger partial charge in [-0.2, -0.15) is 0 Å². The smallest absolute Gasteiger partial charge is 0.413 e. The average molecular weight is 301 g/mol. The lowest BCUT2D eigenvalue weighted by atomic mass is 9.74. The monoisotopic (exact) mass is 301 g/mol. The van der Waals surface area contributed by atoms with Gasteiger partial charge in [0.25, 0.3) is 0 Å². The van der Waals surface area contributed by atoms with E-state index in [1.165, 1.54) is 7.69 Å².